The fourth-order valence-electron chi connectivity index (χ4n) is 0. The van der Waals surface area contributed by atoms with Gasteiger partial charge in [-0.05, 0) is 0 Å². The van der Waals surface area contributed by atoms with Gasteiger partial charge in [-0.25, -0.2) is 0 Å². The summed E-state index contributed by atoms with van der Waals surface area (Å²) in [6.45, 7) is 0. The summed E-state index contributed by atoms with van der Waals surface area (Å²) >= 11 is 0. The van der Waals surface area contributed by atoms with E-state index in [0.29, 0.717) is 0 Å². The molecule has 23 valence electrons. The first-order valence-electron chi connectivity index (χ1n) is 0. The predicted molar refractivity (Wildman–Crippen MR) is 10.4 cm³/mol. The summed E-state index contributed by atoms with van der Waals surface area (Å²) in [5.74, 6) is 0. The molecule has 0 saturated carbocycles. The van der Waals surface area contributed by atoms with Crippen LogP contribution in [0.15, 0.2) is 0 Å². The van der Waals surface area contributed by atoms with Gasteiger partial charge in [-0.1, -0.05) is 0 Å². The van der Waals surface area contributed by atoms with Crippen molar-refractivity contribution in [1.29, 1.82) is 0 Å². The molecule has 0 N–H and O–H groups in total. The largest absolute Gasteiger partial charge is 0 e. The zero-order valence-electron chi connectivity index (χ0n) is 1.19. The van der Waals surface area contributed by atoms with Gasteiger partial charge >= 0.3 is 18.9 Å². The van der Waals surface area contributed by atoms with E-state index in [9.17, 15) is 0 Å². The van der Waals surface area contributed by atoms with Crippen molar-refractivity contribution < 1.29 is 33.6 Å². The average Bonchev–Trinajstić information content (AvgIpc) is 0. The van der Waals surface area contributed by atoms with Crippen LogP contribution in [0, 0.1) is 7.43 Å². The smallest absolute Gasteiger partial charge is 0 e. The van der Waals surface area contributed by atoms with Crippen LogP contribution in [0.5, 0.6) is 0 Å². The molecule has 3 heteroatoms. The number of hydrogen-bond donors (Lipinski definition) is 0. The quantitative estimate of drug-likeness (QED) is 0.388. The van der Waals surface area contributed by atoms with E-state index < -0.39 is 0 Å². The first-order valence-corrected chi connectivity index (χ1v) is 0. The third kappa shape index (κ3) is 9.49. The second kappa shape index (κ2) is 23.2. The van der Waals surface area contributed by atoms with Crippen molar-refractivity contribution in [2.45, 2.75) is 0 Å². The van der Waals surface area contributed by atoms with Crippen LogP contribution in [0.25, 0.3) is 0 Å². The summed E-state index contributed by atoms with van der Waals surface area (Å²) < 4.78 is 0. The summed E-state index contributed by atoms with van der Waals surface area (Å²) in [6, 6.07) is 0. The zero-order chi connectivity index (χ0) is 0. The molecule has 0 aromatic heterocycles. The van der Waals surface area contributed by atoms with Gasteiger partial charge in [-0.3, -0.25) is 0 Å². The zero-order valence-corrected chi connectivity index (χ0v) is 3.36. The van der Waals surface area contributed by atoms with Gasteiger partial charge in [0, 0.05) is 41.0 Å². The molecule has 0 aliphatic rings. The molecule has 0 aromatic carbocycles. The summed E-state index contributed by atoms with van der Waals surface area (Å²) in [5, 5.41) is 0. The third-order valence-electron chi connectivity index (χ3n) is 0. The van der Waals surface area contributed by atoms with Crippen molar-refractivity contribution in [3.8, 4) is 0 Å². The molecule has 0 spiro atoms. The SMILES string of the molecule is [C].[LiH].[Mn].[Ni]. The van der Waals surface area contributed by atoms with Crippen LogP contribution in [0.4, 0.5) is 0 Å². The first-order chi connectivity index (χ1) is 0. The van der Waals surface area contributed by atoms with E-state index >= 15 is 0 Å². The average molecular weight is 134 g/mol. The Bertz CT molecular complexity index is 8.00. The fraction of sp³-hybridized carbons (Fsp3) is 0. The summed E-state index contributed by atoms with van der Waals surface area (Å²) in [6.07, 6.45) is 0. The van der Waals surface area contributed by atoms with Crippen LogP contribution in [0.3, 0.4) is 0 Å². The standard InChI is InChI=1S/C.Li.Mn.Ni.H. The molecule has 5 radical (unpaired) electrons. The van der Waals surface area contributed by atoms with Gasteiger partial charge in [-0.2, -0.15) is 0 Å². The van der Waals surface area contributed by atoms with Gasteiger partial charge in [0.05, 0.1) is 0 Å². The molecule has 0 fully saturated rings. The maximum absolute atomic E-state index is 0. The Balaban J connectivity index is 0. The molecule has 0 bridgehead atoms. The molecule has 0 nitrogen and oxygen atoms in total. The van der Waals surface area contributed by atoms with Gasteiger partial charge in [0.15, 0.2) is 0 Å². The number of hydrogen-bond acceptors (Lipinski definition) is 0. The summed E-state index contributed by atoms with van der Waals surface area (Å²) in [4.78, 5) is 0. The van der Waals surface area contributed by atoms with Crippen LogP contribution >= 0.6 is 0 Å². The minimum absolute atomic E-state index is 0. The molecule has 0 aliphatic heterocycles. The molecular formula is CHLiMnNi. The molecule has 0 rings (SSSR count). The van der Waals surface area contributed by atoms with E-state index in [1.54, 1.807) is 0 Å². The maximum Gasteiger partial charge on any atom is 0 e. The van der Waals surface area contributed by atoms with E-state index in [-0.39, 0.29) is 59.8 Å². The van der Waals surface area contributed by atoms with Gasteiger partial charge in [-0.15, -0.1) is 0 Å². The minimum Gasteiger partial charge on any atom is 0 e. The van der Waals surface area contributed by atoms with Crippen LogP contribution in [-0.4, -0.2) is 18.9 Å². The summed E-state index contributed by atoms with van der Waals surface area (Å²) in [5.41, 5.74) is 0. The molecular weight excluding hydrogens is 133 g/mol. The molecule has 0 saturated heterocycles. The van der Waals surface area contributed by atoms with Crippen LogP contribution in [0.2, 0.25) is 0 Å². The molecule has 0 heterocycles. The van der Waals surface area contributed by atoms with Gasteiger partial charge < -0.3 is 0 Å². The number of rotatable bonds is 0. The van der Waals surface area contributed by atoms with Crippen molar-refractivity contribution >= 4 is 18.9 Å². The maximum atomic E-state index is 0. The van der Waals surface area contributed by atoms with Crippen molar-refractivity contribution in [3.05, 3.63) is 7.43 Å². The van der Waals surface area contributed by atoms with Gasteiger partial charge in [0.25, 0.3) is 0 Å². The van der Waals surface area contributed by atoms with E-state index in [4.69, 9.17) is 0 Å². The monoisotopic (exact) mass is 133 g/mol. The molecule has 0 aromatic rings. The van der Waals surface area contributed by atoms with Gasteiger partial charge in [0.2, 0.25) is 0 Å². The van der Waals surface area contributed by atoms with E-state index in [1.807, 2.05) is 0 Å². The van der Waals surface area contributed by atoms with Crippen molar-refractivity contribution in [2.75, 3.05) is 0 Å². The van der Waals surface area contributed by atoms with Gasteiger partial charge in [0.1, 0.15) is 0 Å². The van der Waals surface area contributed by atoms with Crippen LogP contribution in [0.1, 0.15) is 0 Å². The molecule has 4 heavy (non-hydrogen) atoms. The Morgan fingerprint density at radius 1 is 1.00 bits per heavy atom. The van der Waals surface area contributed by atoms with E-state index in [0.717, 1.165) is 0 Å². The Hall–Kier alpha value is 1.61. The van der Waals surface area contributed by atoms with E-state index in [1.165, 1.54) is 0 Å². The topological polar surface area (TPSA) is 0 Å². The predicted octanol–water partition coefficient (Wildman–Crippen LogP) is -0.572. The Morgan fingerprint density at radius 2 is 1.00 bits per heavy atom. The van der Waals surface area contributed by atoms with Crippen LogP contribution < -0.4 is 0 Å². The molecule has 0 atom stereocenters. The first kappa shape index (κ1) is 46.0. The van der Waals surface area contributed by atoms with Crippen molar-refractivity contribution in [3.63, 3.8) is 0 Å². The van der Waals surface area contributed by atoms with E-state index in [2.05, 4.69) is 0 Å². The Morgan fingerprint density at radius 3 is 1.00 bits per heavy atom. The Labute approximate surface area is 59.7 Å². The molecule has 0 aliphatic carbocycles. The fourth-order valence-corrected chi connectivity index (χ4v) is 0. The molecule has 0 unspecified atom stereocenters. The normalized spacial score (nSPS) is 0. The summed E-state index contributed by atoms with van der Waals surface area (Å²) in [7, 11) is 0. The molecule has 0 amide bonds. The Kier molecular flexibility index (Phi) is 266. The van der Waals surface area contributed by atoms with Crippen LogP contribution in [-0.2, 0) is 33.6 Å². The minimum atomic E-state index is 0. The second-order valence-corrected chi connectivity index (χ2v) is 0. The third-order valence-corrected chi connectivity index (χ3v) is 0. The second-order valence-electron chi connectivity index (χ2n) is 0. The van der Waals surface area contributed by atoms with Crippen molar-refractivity contribution in [1.82, 2.24) is 0 Å². The van der Waals surface area contributed by atoms with Crippen molar-refractivity contribution in [2.24, 2.45) is 0 Å².